The number of pyridine rings is 1. The van der Waals surface area contributed by atoms with Crippen molar-refractivity contribution in [3.8, 4) is 11.4 Å². The number of hydrogen-bond donors (Lipinski definition) is 3. The molecule has 0 unspecified atom stereocenters. The number of hydrogen-bond acceptors (Lipinski definition) is 9. The van der Waals surface area contributed by atoms with Crippen molar-refractivity contribution in [1.82, 2.24) is 30.0 Å². The first-order valence-corrected chi connectivity index (χ1v) is 18.2. The van der Waals surface area contributed by atoms with Gasteiger partial charge in [-0.15, -0.1) is 0 Å². The Morgan fingerprint density at radius 2 is 1.88 bits per heavy atom. The molecule has 3 aromatic heterocycles. The van der Waals surface area contributed by atoms with Crippen LogP contribution in [0.4, 0.5) is 11.8 Å². The molecule has 0 amide bonds. The smallest absolute Gasteiger partial charge is 0.225 e. The average molecular weight is 595 g/mol. The van der Waals surface area contributed by atoms with E-state index in [1.165, 1.54) is 0 Å². The van der Waals surface area contributed by atoms with Crippen molar-refractivity contribution in [3.63, 3.8) is 0 Å². The molecule has 1 saturated heterocycles. The largest absolute Gasteiger partial charge is 0.379 e. The van der Waals surface area contributed by atoms with E-state index in [9.17, 15) is 0 Å². The van der Waals surface area contributed by atoms with Crippen molar-refractivity contribution in [3.05, 3.63) is 58.7 Å². The molecule has 0 bridgehead atoms. The summed E-state index contributed by atoms with van der Waals surface area (Å²) in [4.78, 5) is 16.9. The predicted molar refractivity (Wildman–Crippen MR) is 167 cm³/mol. The lowest BCUT2D eigenvalue weighted by Gasteiger charge is -2.26. The van der Waals surface area contributed by atoms with Crippen molar-refractivity contribution in [1.29, 1.82) is 0 Å². The average Bonchev–Trinajstić information content (AvgIpc) is 3.39. The van der Waals surface area contributed by atoms with E-state index in [2.05, 4.69) is 45.4 Å². The second kappa shape index (κ2) is 13.7. The molecule has 0 aliphatic carbocycles. The van der Waals surface area contributed by atoms with Gasteiger partial charge < -0.3 is 20.1 Å². The molecule has 0 radical (unpaired) electrons. The number of fused-ring (bicyclic) bond motifs is 1. The Balaban J connectivity index is 1.36. The highest BCUT2D eigenvalue weighted by molar-refractivity contribution is 6.76. The molecule has 10 nitrogen and oxygen atoms in total. The van der Waals surface area contributed by atoms with Crippen LogP contribution >= 0.6 is 11.6 Å². The Morgan fingerprint density at radius 3 is 2.68 bits per heavy atom. The number of rotatable bonds is 13. The van der Waals surface area contributed by atoms with E-state index in [4.69, 9.17) is 36.0 Å². The van der Waals surface area contributed by atoms with Gasteiger partial charge in [-0.2, -0.15) is 10.1 Å². The van der Waals surface area contributed by atoms with Crippen LogP contribution in [0.3, 0.4) is 0 Å². The molecular weight excluding hydrogens is 556 g/mol. The molecule has 1 aliphatic heterocycles. The minimum Gasteiger partial charge on any atom is -0.379 e. The molecule has 41 heavy (non-hydrogen) atoms. The van der Waals surface area contributed by atoms with Crippen LogP contribution in [0, 0.1) is 0 Å². The molecular formula is C29H39ClN8O2Si. The van der Waals surface area contributed by atoms with Gasteiger partial charge in [0.25, 0.3) is 0 Å². The fourth-order valence-electron chi connectivity index (χ4n) is 4.57. The van der Waals surface area contributed by atoms with Gasteiger partial charge in [0, 0.05) is 52.4 Å². The Hall–Kier alpha value is -3.09. The van der Waals surface area contributed by atoms with Crippen molar-refractivity contribution in [2.24, 2.45) is 0 Å². The first kappa shape index (κ1) is 29.4. The van der Waals surface area contributed by atoms with E-state index in [0.29, 0.717) is 42.1 Å². The van der Waals surface area contributed by atoms with Crippen molar-refractivity contribution >= 4 is 42.5 Å². The van der Waals surface area contributed by atoms with Crippen LogP contribution in [0.2, 0.25) is 30.7 Å². The minimum absolute atomic E-state index is 0.376. The molecule has 1 aromatic carbocycles. The highest BCUT2D eigenvalue weighted by Crippen LogP contribution is 2.29. The molecule has 0 saturated carbocycles. The number of H-pyrrole nitrogens is 1. The fourth-order valence-corrected chi connectivity index (χ4v) is 5.54. The van der Waals surface area contributed by atoms with Crippen molar-refractivity contribution in [2.45, 2.75) is 38.8 Å². The van der Waals surface area contributed by atoms with Gasteiger partial charge in [-0.1, -0.05) is 49.4 Å². The molecule has 1 aliphatic rings. The third kappa shape index (κ3) is 8.46. The fraction of sp³-hybridized carbons (Fsp3) is 0.448. The molecule has 0 atom stereocenters. The lowest BCUT2D eigenvalue weighted by molar-refractivity contribution is 0.0398. The Bertz CT molecular complexity index is 1440. The summed E-state index contributed by atoms with van der Waals surface area (Å²) in [5, 5.41) is 16.1. The van der Waals surface area contributed by atoms with E-state index < -0.39 is 8.07 Å². The summed E-state index contributed by atoms with van der Waals surface area (Å²) >= 11 is 6.15. The van der Waals surface area contributed by atoms with Crippen LogP contribution in [0.1, 0.15) is 11.3 Å². The number of morpholine rings is 1. The quantitative estimate of drug-likeness (QED) is 0.140. The molecule has 1 fully saturated rings. The summed E-state index contributed by atoms with van der Waals surface area (Å²) in [6, 6.07) is 14.7. The number of halogens is 1. The maximum Gasteiger partial charge on any atom is 0.225 e. The molecule has 218 valence electrons. The zero-order chi connectivity index (χ0) is 28.7. The summed E-state index contributed by atoms with van der Waals surface area (Å²) in [7, 11) is -1.21. The highest BCUT2D eigenvalue weighted by Gasteiger charge is 2.19. The van der Waals surface area contributed by atoms with Crippen LogP contribution in [-0.4, -0.2) is 84.1 Å². The number of benzene rings is 1. The third-order valence-electron chi connectivity index (χ3n) is 6.90. The van der Waals surface area contributed by atoms with Gasteiger partial charge in [0.15, 0.2) is 5.65 Å². The zero-order valence-electron chi connectivity index (χ0n) is 24.0. The molecule has 3 N–H and O–H groups in total. The standard InChI is InChI=1S/C29H39ClN8O2Si/c1-41(2,3)17-16-40-20-24-26-27(23-8-5-9-25(33-23)32-19-21-6-4-7-22(30)18-21)36-37-28(26)35-29(34-24)31-10-11-38-12-14-39-15-13-38/h4-9,18H,10-17,19-20H2,1-3H3,(H,32,33)(H2,31,34,35,36,37). The zero-order valence-corrected chi connectivity index (χ0v) is 25.8. The number of nitrogens with zero attached hydrogens (tertiary/aromatic N) is 5. The van der Waals surface area contributed by atoms with Crippen LogP contribution in [-0.2, 0) is 22.6 Å². The number of aromatic amines is 1. The number of nitrogens with one attached hydrogen (secondary N) is 3. The van der Waals surface area contributed by atoms with Gasteiger partial charge in [-0.3, -0.25) is 10.00 Å². The minimum atomic E-state index is -1.21. The van der Waals surface area contributed by atoms with E-state index in [1.54, 1.807) is 0 Å². The molecule has 4 heterocycles. The van der Waals surface area contributed by atoms with Gasteiger partial charge in [0.05, 0.1) is 36.6 Å². The van der Waals surface area contributed by atoms with Crippen LogP contribution in [0.25, 0.3) is 22.4 Å². The van der Waals surface area contributed by atoms with Gasteiger partial charge in [0.2, 0.25) is 5.95 Å². The highest BCUT2D eigenvalue weighted by atomic mass is 35.5. The van der Waals surface area contributed by atoms with E-state index in [1.807, 2.05) is 42.5 Å². The molecule has 4 aromatic rings. The topological polar surface area (TPSA) is 113 Å². The Morgan fingerprint density at radius 1 is 1.05 bits per heavy atom. The number of anilines is 2. The second-order valence-corrected chi connectivity index (χ2v) is 17.5. The second-order valence-electron chi connectivity index (χ2n) is 11.4. The van der Waals surface area contributed by atoms with Gasteiger partial charge in [0.1, 0.15) is 11.5 Å². The summed E-state index contributed by atoms with van der Waals surface area (Å²) in [6.45, 7) is 13.8. The summed E-state index contributed by atoms with van der Waals surface area (Å²) < 4.78 is 11.6. The first-order valence-electron chi connectivity index (χ1n) is 14.2. The van der Waals surface area contributed by atoms with Crippen LogP contribution in [0.5, 0.6) is 0 Å². The van der Waals surface area contributed by atoms with Crippen molar-refractivity contribution < 1.29 is 9.47 Å². The van der Waals surface area contributed by atoms with Gasteiger partial charge >= 0.3 is 0 Å². The summed E-state index contributed by atoms with van der Waals surface area (Å²) in [5.41, 5.74) is 3.96. The molecule has 12 heteroatoms. The lowest BCUT2D eigenvalue weighted by Crippen LogP contribution is -2.39. The van der Waals surface area contributed by atoms with Crippen LogP contribution < -0.4 is 10.6 Å². The third-order valence-corrected chi connectivity index (χ3v) is 8.84. The number of ether oxygens (including phenoxy) is 2. The monoisotopic (exact) mass is 594 g/mol. The van der Waals surface area contributed by atoms with Crippen LogP contribution in [0.15, 0.2) is 42.5 Å². The molecule has 5 rings (SSSR count). The van der Waals surface area contributed by atoms with E-state index in [-0.39, 0.29) is 0 Å². The lowest BCUT2D eigenvalue weighted by atomic mass is 10.1. The predicted octanol–water partition coefficient (Wildman–Crippen LogP) is 5.28. The Kier molecular flexibility index (Phi) is 9.83. The number of aromatic nitrogens is 5. The summed E-state index contributed by atoms with van der Waals surface area (Å²) in [5.74, 6) is 1.31. The SMILES string of the molecule is C[Si](C)(C)CCOCc1nc(NCCN2CCOCC2)nc2[nH]nc(-c3cccc(NCc4cccc(Cl)c4)n3)c12. The maximum absolute atomic E-state index is 6.15. The van der Waals surface area contributed by atoms with Gasteiger partial charge in [-0.05, 0) is 35.9 Å². The van der Waals surface area contributed by atoms with Gasteiger partial charge in [-0.25, -0.2) is 9.97 Å². The van der Waals surface area contributed by atoms with Crippen molar-refractivity contribution in [2.75, 3.05) is 56.6 Å². The normalized spacial score (nSPS) is 14.4. The first-order chi connectivity index (χ1) is 19.8. The summed E-state index contributed by atoms with van der Waals surface area (Å²) in [6.07, 6.45) is 0. The molecule has 0 spiro atoms. The van der Waals surface area contributed by atoms with E-state index >= 15 is 0 Å². The maximum atomic E-state index is 6.15. The Labute approximate surface area is 247 Å². The van der Waals surface area contributed by atoms with E-state index in [0.717, 1.165) is 73.6 Å².